The molecule has 3 atom stereocenters. The number of fused-ring (bicyclic) bond motifs is 2. The van der Waals surface area contributed by atoms with Gasteiger partial charge in [0.15, 0.2) is 6.61 Å². The number of nitrogens with zero attached hydrogens (tertiary/aromatic N) is 1. The van der Waals surface area contributed by atoms with Gasteiger partial charge in [-0.15, -0.1) is 0 Å². The highest BCUT2D eigenvalue weighted by Crippen LogP contribution is 2.49. The van der Waals surface area contributed by atoms with E-state index in [9.17, 15) is 22.8 Å². The van der Waals surface area contributed by atoms with Crippen molar-refractivity contribution >= 4 is 23.3 Å². The average Bonchev–Trinajstić information content (AvgIpc) is 3.35. The van der Waals surface area contributed by atoms with Crippen molar-refractivity contribution in [3.63, 3.8) is 0 Å². The molecule has 2 bridgehead atoms. The first-order valence-electron chi connectivity index (χ1n) is 10.8. The molecule has 3 fully saturated rings. The second kappa shape index (κ2) is 9.06. The molecule has 0 spiro atoms. The maximum absolute atomic E-state index is 13.2. The molecule has 1 aromatic carbocycles. The molecule has 0 aromatic heterocycles. The maximum atomic E-state index is 13.2. The number of amides is 1. The summed E-state index contributed by atoms with van der Waals surface area (Å²) in [7, 11) is 0. The van der Waals surface area contributed by atoms with Crippen molar-refractivity contribution in [1.82, 2.24) is 0 Å². The quantitative estimate of drug-likeness (QED) is 0.681. The molecule has 0 radical (unpaired) electrons. The highest BCUT2D eigenvalue weighted by molar-refractivity contribution is 5.96. The van der Waals surface area contributed by atoms with Crippen LogP contribution in [0.15, 0.2) is 18.2 Å². The Bertz CT molecular complexity index is 823. The number of morpholine rings is 1. The van der Waals surface area contributed by atoms with Crippen LogP contribution in [-0.4, -0.2) is 44.8 Å². The van der Waals surface area contributed by atoms with E-state index in [0.717, 1.165) is 25.0 Å². The molecule has 6 nitrogen and oxygen atoms in total. The third-order valence-corrected chi connectivity index (χ3v) is 6.63. The van der Waals surface area contributed by atoms with Gasteiger partial charge in [-0.2, -0.15) is 13.2 Å². The number of halogens is 3. The minimum atomic E-state index is -4.53. The van der Waals surface area contributed by atoms with Gasteiger partial charge in [0.2, 0.25) is 0 Å². The van der Waals surface area contributed by atoms with E-state index in [1.807, 2.05) is 4.90 Å². The molecule has 3 aliphatic rings. The highest BCUT2D eigenvalue weighted by Gasteiger charge is 2.40. The number of esters is 1. The van der Waals surface area contributed by atoms with Gasteiger partial charge >= 0.3 is 12.1 Å². The molecule has 1 amide bonds. The zero-order valence-electron chi connectivity index (χ0n) is 17.2. The maximum Gasteiger partial charge on any atom is 0.416 e. The van der Waals surface area contributed by atoms with Crippen LogP contribution in [0.3, 0.4) is 0 Å². The molecule has 0 unspecified atom stereocenters. The lowest BCUT2D eigenvalue weighted by Crippen LogP contribution is -2.37. The van der Waals surface area contributed by atoms with Crippen LogP contribution in [0.5, 0.6) is 0 Å². The average molecular weight is 440 g/mol. The van der Waals surface area contributed by atoms with E-state index >= 15 is 0 Å². The van der Waals surface area contributed by atoms with E-state index in [1.165, 1.54) is 18.9 Å². The summed E-state index contributed by atoms with van der Waals surface area (Å²) in [5.41, 5.74) is -0.322. The summed E-state index contributed by atoms with van der Waals surface area (Å²) in [5, 5.41) is 2.50. The van der Waals surface area contributed by atoms with Gasteiger partial charge in [0.1, 0.15) is 0 Å². The molecule has 1 aromatic rings. The fraction of sp³-hybridized carbons (Fsp3) is 0.636. The zero-order valence-corrected chi connectivity index (χ0v) is 17.2. The van der Waals surface area contributed by atoms with E-state index in [-0.39, 0.29) is 5.69 Å². The minimum Gasteiger partial charge on any atom is -0.456 e. The molecule has 2 aliphatic carbocycles. The van der Waals surface area contributed by atoms with Gasteiger partial charge < -0.3 is 19.7 Å². The Balaban J connectivity index is 1.37. The van der Waals surface area contributed by atoms with E-state index in [1.54, 1.807) is 0 Å². The lowest BCUT2D eigenvalue weighted by molar-refractivity contribution is -0.148. The number of rotatable bonds is 6. The molecule has 4 rings (SSSR count). The van der Waals surface area contributed by atoms with Gasteiger partial charge in [0, 0.05) is 19.5 Å². The van der Waals surface area contributed by atoms with Gasteiger partial charge in [-0.25, -0.2) is 0 Å². The predicted octanol–water partition coefficient (Wildman–Crippen LogP) is 3.85. The Morgan fingerprint density at radius 3 is 2.58 bits per heavy atom. The topological polar surface area (TPSA) is 67.9 Å². The Morgan fingerprint density at radius 1 is 1.16 bits per heavy atom. The van der Waals surface area contributed by atoms with Gasteiger partial charge in [0.05, 0.1) is 30.2 Å². The monoisotopic (exact) mass is 440 g/mol. The molecule has 1 saturated heterocycles. The van der Waals surface area contributed by atoms with E-state index in [0.29, 0.717) is 56.2 Å². The molecule has 1 aliphatic heterocycles. The number of carbonyl (C=O) groups excluding carboxylic acids is 2. The summed E-state index contributed by atoms with van der Waals surface area (Å²) in [5.74, 6) is 0.532. The lowest BCUT2D eigenvalue weighted by Gasteiger charge is -2.31. The zero-order chi connectivity index (χ0) is 22.0. The second-order valence-electron chi connectivity index (χ2n) is 8.68. The lowest BCUT2D eigenvalue weighted by atomic mass is 9.86. The highest BCUT2D eigenvalue weighted by atomic mass is 19.4. The van der Waals surface area contributed by atoms with E-state index < -0.39 is 30.2 Å². The van der Waals surface area contributed by atoms with Crippen molar-refractivity contribution < 1.29 is 32.2 Å². The third-order valence-electron chi connectivity index (χ3n) is 6.63. The molecule has 1 heterocycles. The van der Waals surface area contributed by atoms with Crippen LogP contribution in [0.2, 0.25) is 0 Å². The number of carbonyl (C=O) groups is 2. The fourth-order valence-electron chi connectivity index (χ4n) is 5.12. The Morgan fingerprint density at radius 2 is 1.94 bits per heavy atom. The summed E-state index contributed by atoms with van der Waals surface area (Å²) in [6, 6.07) is 3.26. The number of nitrogens with one attached hydrogen (secondary N) is 1. The SMILES string of the molecule is O=C(COC(=O)C[C@H]1C[C@H]2CC[C@@H]1C2)Nc1cc(C(F)(F)F)ccc1N1CCOCC1. The van der Waals surface area contributed by atoms with Gasteiger partial charge in [-0.05, 0) is 55.2 Å². The van der Waals surface area contributed by atoms with Crippen molar-refractivity contribution in [3.05, 3.63) is 23.8 Å². The smallest absolute Gasteiger partial charge is 0.416 e. The van der Waals surface area contributed by atoms with Crippen molar-refractivity contribution in [2.75, 3.05) is 43.1 Å². The fourth-order valence-corrected chi connectivity index (χ4v) is 5.12. The molecule has 170 valence electrons. The van der Waals surface area contributed by atoms with Crippen molar-refractivity contribution in [2.45, 2.75) is 38.3 Å². The van der Waals surface area contributed by atoms with Crippen LogP contribution >= 0.6 is 0 Å². The van der Waals surface area contributed by atoms with E-state index in [4.69, 9.17) is 9.47 Å². The van der Waals surface area contributed by atoms with Crippen molar-refractivity contribution in [2.24, 2.45) is 17.8 Å². The predicted molar refractivity (Wildman–Crippen MR) is 108 cm³/mol. The van der Waals surface area contributed by atoms with Crippen molar-refractivity contribution in [1.29, 1.82) is 0 Å². The number of benzene rings is 1. The number of ether oxygens (including phenoxy) is 2. The Labute approximate surface area is 179 Å². The number of hydrogen-bond donors (Lipinski definition) is 1. The first-order chi connectivity index (χ1) is 14.8. The second-order valence-corrected chi connectivity index (χ2v) is 8.68. The van der Waals surface area contributed by atoms with Gasteiger partial charge in [-0.1, -0.05) is 6.42 Å². The molecule has 2 saturated carbocycles. The molecule has 9 heteroatoms. The van der Waals surface area contributed by atoms with Crippen molar-refractivity contribution in [3.8, 4) is 0 Å². The summed E-state index contributed by atoms with van der Waals surface area (Å²) in [4.78, 5) is 26.4. The number of hydrogen-bond acceptors (Lipinski definition) is 5. The summed E-state index contributed by atoms with van der Waals surface area (Å²) in [6.45, 7) is 1.40. The first-order valence-corrected chi connectivity index (χ1v) is 10.8. The standard InChI is InChI=1S/C22H27F3N2O4/c23-22(24,25)17-3-4-19(27-5-7-30-8-6-27)18(12-17)26-20(28)13-31-21(29)11-16-10-14-1-2-15(16)9-14/h3-4,12,14-16H,1-2,5-11,13H2,(H,26,28)/t14-,15+,16+/m0/s1. The van der Waals surface area contributed by atoms with Crippen LogP contribution < -0.4 is 10.2 Å². The van der Waals surface area contributed by atoms with Gasteiger partial charge in [0.25, 0.3) is 5.91 Å². The van der Waals surface area contributed by atoms with E-state index in [2.05, 4.69) is 5.32 Å². The number of alkyl halides is 3. The van der Waals surface area contributed by atoms with Crippen LogP contribution in [-0.2, 0) is 25.2 Å². The minimum absolute atomic E-state index is 0.0471. The van der Waals surface area contributed by atoms with Gasteiger partial charge in [-0.3, -0.25) is 9.59 Å². The molecular weight excluding hydrogens is 413 g/mol. The molecular formula is C22H27F3N2O4. The van der Waals surface area contributed by atoms with Crippen LogP contribution in [0, 0.1) is 17.8 Å². The summed E-state index contributed by atoms with van der Waals surface area (Å²) in [6.07, 6.45) is 0.384. The molecule has 1 N–H and O–H groups in total. The van der Waals surface area contributed by atoms with Crippen LogP contribution in [0.4, 0.5) is 24.5 Å². The summed E-state index contributed by atoms with van der Waals surface area (Å²) >= 11 is 0. The van der Waals surface area contributed by atoms with Crippen LogP contribution in [0.1, 0.15) is 37.7 Å². The van der Waals surface area contributed by atoms with Crippen LogP contribution in [0.25, 0.3) is 0 Å². The third kappa shape index (κ3) is 5.31. The normalized spacial score (nSPS) is 25.5. The number of anilines is 2. The largest absolute Gasteiger partial charge is 0.456 e. The Kier molecular flexibility index (Phi) is 6.41. The summed E-state index contributed by atoms with van der Waals surface area (Å²) < 4.78 is 49.9. The Hall–Kier alpha value is -2.29. The molecule has 31 heavy (non-hydrogen) atoms. The first kappa shape index (κ1) is 21.9.